The highest BCUT2D eigenvalue weighted by atomic mass is 16.5. The molecule has 0 aromatic heterocycles. The second-order valence-electron chi connectivity index (χ2n) is 5.82. The molecular formula is C13H25NO. The van der Waals surface area contributed by atoms with Gasteiger partial charge in [-0.1, -0.05) is 6.08 Å². The Bertz CT molecular complexity index is 225. The lowest BCUT2D eigenvalue weighted by molar-refractivity contribution is -0.0684. The highest BCUT2D eigenvalue weighted by Crippen LogP contribution is 2.38. The monoisotopic (exact) mass is 211 g/mol. The zero-order chi connectivity index (χ0) is 11.7. The van der Waals surface area contributed by atoms with Gasteiger partial charge in [0, 0.05) is 23.9 Å². The topological polar surface area (TPSA) is 12.5 Å². The molecule has 0 unspecified atom stereocenters. The van der Waals surface area contributed by atoms with Crippen molar-refractivity contribution in [2.75, 3.05) is 7.05 Å². The third kappa shape index (κ3) is 2.75. The number of hydrogen-bond acceptors (Lipinski definition) is 2. The molecule has 1 fully saturated rings. The summed E-state index contributed by atoms with van der Waals surface area (Å²) >= 11 is 0. The van der Waals surface area contributed by atoms with Crippen LogP contribution in [-0.2, 0) is 4.74 Å². The summed E-state index contributed by atoms with van der Waals surface area (Å²) < 4.78 is 5.74. The molecule has 0 radical (unpaired) electrons. The molecule has 0 N–H and O–H groups in total. The molecule has 1 aliphatic heterocycles. The van der Waals surface area contributed by atoms with E-state index in [4.69, 9.17) is 4.74 Å². The summed E-state index contributed by atoms with van der Waals surface area (Å²) in [5.74, 6) is 0. The fourth-order valence-electron chi connectivity index (χ4n) is 2.57. The van der Waals surface area contributed by atoms with Gasteiger partial charge in [0.25, 0.3) is 0 Å². The minimum absolute atomic E-state index is 0.216. The summed E-state index contributed by atoms with van der Waals surface area (Å²) in [4.78, 5) is 2.47. The fraction of sp³-hybridized carbons (Fsp3) is 0.846. The maximum atomic E-state index is 5.74. The van der Waals surface area contributed by atoms with E-state index in [2.05, 4.69) is 39.6 Å². The molecule has 0 atom stereocenters. The lowest BCUT2D eigenvalue weighted by Crippen LogP contribution is -2.60. The Kier molecular flexibility index (Phi) is 3.49. The second kappa shape index (κ2) is 4.17. The first kappa shape index (κ1) is 12.6. The van der Waals surface area contributed by atoms with Crippen LogP contribution < -0.4 is 0 Å². The van der Waals surface area contributed by atoms with E-state index in [1.807, 2.05) is 19.3 Å². The molecule has 0 bridgehead atoms. The van der Waals surface area contributed by atoms with Crippen molar-refractivity contribution in [3.8, 4) is 0 Å². The van der Waals surface area contributed by atoms with Gasteiger partial charge < -0.3 is 4.74 Å². The largest absolute Gasteiger partial charge is 0.498 e. The Balaban J connectivity index is 2.75. The van der Waals surface area contributed by atoms with Crippen LogP contribution in [0.2, 0.25) is 0 Å². The maximum Gasteiger partial charge on any atom is 0.101 e. The molecule has 0 saturated carbocycles. The zero-order valence-corrected chi connectivity index (χ0v) is 11.0. The van der Waals surface area contributed by atoms with Gasteiger partial charge in [0.15, 0.2) is 0 Å². The van der Waals surface area contributed by atoms with E-state index in [1.54, 1.807) is 0 Å². The van der Waals surface area contributed by atoms with Gasteiger partial charge in [0.1, 0.15) is 6.10 Å². The van der Waals surface area contributed by atoms with Crippen LogP contribution in [0.3, 0.4) is 0 Å². The highest BCUT2D eigenvalue weighted by Gasteiger charge is 2.43. The molecule has 0 aromatic carbocycles. The van der Waals surface area contributed by atoms with Crippen LogP contribution in [0.5, 0.6) is 0 Å². The molecule has 2 nitrogen and oxygen atoms in total. The Labute approximate surface area is 94.3 Å². The number of piperidine rings is 1. The van der Waals surface area contributed by atoms with E-state index < -0.39 is 0 Å². The van der Waals surface area contributed by atoms with E-state index in [1.165, 1.54) is 0 Å². The lowest BCUT2D eigenvalue weighted by Gasteiger charge is -2.53. The Morgan fingerprint density at radius 1 is 1.13 bits per heavy atom. The van der Waals surface area contributed by atoms with Crippen molar-refractivity contribution >= 4 is 0 Å². The summed E-state index contributed by atoms with van der Waals surface area (Å²) in [7, 11) is 2.21. The van der Waals surface area contributed by atoms with E-state index in [0.29, 0.717) is 6.10 Å². The van der Waals surface area contributed by atoms with Crippen LogP contribution in [0.1, 0.15) is 47.5 Å². The van der Waals surface area contributed by atoms with Gasteiger partial charge in [-0.3, -0.25) is 4.90 Å². The third-order valence-corrected chi connectivity index (χ3v) is 3.68. The summed E-state index contributed by atoms with van der Waals surface area (Å²) in [5, 5.41) is 0. The quantitative estimate of drug-likeness (QED) is 0.650. The normalized spacial score (nSPS) is 27.1. The SMILES string of the molecule is CC=COC1CC(C)(C)N(C)C(C)(C)C1. The minimum atomic E-state index is 0.216. The average Bonchev–Trinajstić information content (AvgIpc) is 2.10. The van der Waals surface area contributed by atoms with Crippen LogP contribution in [0.25, 0.3) is 0 Å². The first-order valence-corrected chi connectivity index (χ1v) is 5.80. The summed E-state index contributed by atoms with van der Waals surface area (Å²) in [6.07, 6.45) is 6.32. The molecule has 1 heterocycles. The number of allylic oxidation sites excluding steroid dienone is 1. The smallest absolute Gasteiger partial charge is 0.101 e. The number of ether oxygens (including phenoxy) is 1. The Morgan fingerprint density at radius 3 is 2.00 bits per heavy atom. The van der Waals surface area contributed by atoms with Crippen LogP contribution in [0, 0.1) is 0 Å². The van der Waals surface area contributed by atoms with E-state index >= 15 is 0 Å². The predicted octanol–water partition coefficient (Wildman–Crippen LogP) is 3.19. The van der Waals surface area contributed by atoms with Crippen molar-refractivity contribution in [1.29, 1.82) is 0 Å². The van der Waals surface area contributed by atoms with E-state index in [-0.39, 0.29) is 11.1 Å². The number of hydrogen-bond donors (Lipinski definition) is 0. The fourth-order valence-corrected chi connectivity index (χ4v) is 2.57. The van der Waals surface area contributed by atoms with Crippen molar-refractivity contribution < 1.29 is 4.74 Å². The number of likely N-dealkylation sites (tertiary alicyclic amines) is 1. The molecule has 88 valence electrons. The molecule has 1 rings (SSSR count). The van der Waals surface area contributed by atoms with Crippen molar-refractivity contribution in [2.45, 2.75) is 64.6 Å². The average molecular weight is 211 g/mol. The second-order valence-corrected chi connectivity index (χ2v) is 5.82. The third-order valence-electron chi connectivity index (χ3n) is 3.68. The molecule has 0 amide bonds. The maximum absolute atomic E-state index is 5.74. The molecule has 0 aliphatic carbocycles. The van der Waals surface area contributed by atoms with Crippen LogP contribution >= 0.6 is 0 Å². The van der Waals surface area contributed by atoms with Gasteiger partial charge in [-0.15, -0.1) is 0 Å². The van der Waals surface area contributed by atoms with Gasteiger partial charge in [-0.25, -0.2) is 0 Å². The first-order chi connectivity index (χ1) is 6.79. The van der Waals surface area contributed by atoms with E-state index in [9.17, 15) is 0 Å². The zero-order valence-electron chi connectivity index (χ0n) is 11.0. The van der Waals surface area contributed by atoms with Gasteiger partial charge in [-0.05, 0) is 41.7 Å². The number of nitrogens with zero attached hydrogens (tertiary/aromatic N) is 1. The predicted molar refractivity (Wildman–Crippen MR) is 64.8 cm³/mol. The van der Waals surface area contributed by atoms with Gasteiger partial charge >= 0.3 is 0 Å². The molecule has 2 heteroatoms. The molecule has 1 aliphatic rings. The highest BCUT2D eigenvalue weighted by molar-refractivity contribution is 4.99. The Morgan fingerprint density at radius 2 is 1.60 bits per heavy atom. The molecule has 15 heavy (non-hydrogen) atoms. The van der Waals surface area contributed by atoms with Gasteiger partial charge in [-0.2, -0.15) is 0 Å². The number of rotatable bonds is 2. The van der Waals surface area contributed by atoms with Gasteiger partial charge in [0.2, 0.25) is 0 Å². The summed E-state index contributed by atoms with van der Waals surface area (Å²) in [6.45, 7) is 11.2. The minimum Gasteiger partial charge on any atom is -0.498 e. The molecule has 0 aromatic rings. The van der Waals surface area contributed by atoms with Crippen molar-refractivity contribution in [3.63, 3.8) is 0 Å². The van der Waals surface area contributed by atoms with Crippen LogP contribution in [0.15, 0.2) is 12.3 Å². The van der Waals surface area contributed by atoms with Crippen molar-refractivity contribution in [2.24, 2.45) is 0 Å². The molecule has 1 saturated heterocycles. The molecule has 0 spiro atoms. The summed E-state index contributed by atoms with van der Waals surface area (Å²) in [6, 6.07) is 0. The standard InChI is InChI=1S/C13H25NO/c1-7-8-15-11-9-12(2,3)14(6)13(4,5)10-11/h7-8,11H,9-10H2,1-6H3. The van der Waals surface area contributed by atoms with Crippen molar-refractivity contribution in [3.05, 3.63) is 12.3 Å². The summed E-state index contributed by atoms with van der Waals surface area (Å²) in [5.41, 5.74) is 0.433. The molecular weight excluding hydrogens is 186 g/mol. The van der Waals surface area contributed by atoms with E-state index in [0.717, 1.165) is 12.8 Å². The van der Waals surface area contributed by atoms with Crippen LogP contribution in [0.4, 0.5) is 0 Å². The van der Waals surface area contributed by atoms with Crippen LogP contribution in [-0.4, -0.2) is 29.1 Å². The van der Waals surface area contributed by atoms with Crippen molar-refractivity contribution in [1.82, 2.24) is 4.90 Å². The lowest BCUT2D eigenvalue weighted by atomic mass is 9.79. The first-order valence-electron chi connectivity index (χ1n) is 5.80. The van der Waals surface area contributed by atoms with Gasteiger partial charge in [0.05, 0.1) is 6.26 Å². The Hall–Kier alpha value is -0.500.